The molecule has 3 nitrogen and oxygen atoms in total. The van der Waals surface area contributed by atoms with Gasteiger partial charge in [0.25, 0.3) is 0 Å². The van der Waals surface area contributed by atoms with Gasteiger partial charge in [-0.3, -0.25) is 5.32 Å². The van der Waals surface area contributed by atoms with Crippen molar-refractivity contribution in [2.45, 2.75) is 6.92 Å². The molecule has 0 saturated carbocycles. The highest BCUT2D eigenvalue weighted by Gasteiger charge is 2.21. The van der Waals surface area contributed by atoms with Gasteiger partial charge in [-0.25, -0.2) is 4.99 Å². The van der Waals surface area contributed by atoms with Crippen LogP contribution >= 0.6 is 33.6 Å². The van der Waals surface area contributed by atoms with E-state index in [0.717, 1.165) is 16.8 Å². The summed E-state index contributed by atoms with van der Waals surface area (Å²) in [5.74, 6) is 0. The summed E-state index contributed by atoms with van der Waals surface area (Å²) < 4.78 is 0. The third kappa shape index (κ3) is 2.93. The predicted octanol–water partition coefficient (Wildman–Crippen LogP) is 3.42. The fourth-order valence-electron chi connectivity index (χ4n) is 1.52. The summed E-state index contributed by atoms with van der Waals surface area (Å²) in [7, 11) is 3.60. The lowest BCUT2D eigenvalue weighted by Crippen LogP contribution is -2.28. The predicted molar refractivity (Wildman–Crippen MR) is 85.1 cm³/mol. The molecule has 0 amide bonds. The number of hydrogen-bond acceptors (Lipinski definition) is 4. The molecule has 1 aromatic carbocycles. The lowest BCUT2D eigenvalue weighted by atomic mass is 10.3. The minimum absolute atomic E-state index is 0.0473. The number of anilines is 1. The summed E-state index contributed by atoms with van der Waals surface area (Å²) in [5.41, 5.74) is 1.18. The minimum Gasteiger partial charge on any atom is -0.320 e. The molecule has 1 heterocycles. The quantitative estimate of drug-likeness (QED) is 0.664. The molecule has 1 aromatic rings. The van der Waals surface area contributed by atoms with E-state index in [4.69, 9.17) is 0 Å². The molecule has 6 heteroatoms. The van der Waals surface area contributed by atoms with Gasteiger partial charge in [0.2, 0.25) is 0 Å². The van der Waals surface area contributed by atoms with Gasteiger partial charge in [-0.1, -0.05) is 18.2 Å². The maximum atomic E-state index is 4.61. The molecule has 0 aliphatic carbocycles. The van der Waals surface area contributed by atoms with Crippen LogP contribution in [-0.2, 0) is 0 Å². The van der Waals surface area contributed by atoms with Crippen molar-refractivity contribution in [3.63, 3.8) is 0 Å². The summed E-state index contributed by atoms with van der Waals surface area (Å²) in [6.45, 7) is 3.05. The molecule has 0 bridgehead atoms. The smallest absolute Gasteiger partial charge is 0.181 e. The van der Waals surface area contributed by atoms with Crippen molar-refractivity contribution in [3.8, 4) is 0 Å². The van der Waals surface area contributed by atoms with Gasteiger partial charge >= 0.3 is 0 Å². The molecule has 0 fully saturated rings. The van der Waals surface area contributed by atoms with Crippen molar-refractivity contribution in [1.29, 1.82) is 0 Å². The topological polar surface area (TPSA) is 27.6 Å². The Hall–Kier alpha value is -0.300. The van der Waals surface area contributed by atoms with E-state index in [1.54, 1.807) is 10.8 Å². The molecule has 2 rings (SSSR count). The number of benzene rings is 1. The Labute approximate surface area is 115 Å². The highest BCUT2D eigenvalue weighted by molar-refractivity contribution is 9.65. The summed E-state index contributed by atoms with van der Waals surface area (Å²) >= 11 is 3.63. The molecule has 1 N–H and O–H groups in total. The summed E-state index contributed by atoms with van der Waals surface area (Å²) in [5, 5.41) is 5.17. The summed E-state index contributed by atoms with van der Waals surface area (Å²) in [4.78, 5) is 6.83. The van der Waals surface area contributed by atoms with Crippen molar-refractivity contribution >= 4 is 49.5 Å². The van der Waals surface area contributed by atoms with Gasteiger partial charge in [0, 0.05) is 12.2 Å². The van der Waals surface area contributed by atoms with Crippen LogP contribution in [-0.4, -0.2) is 23.9 Å². The number of halogens is 1. The minimum atomic E-state index is -0.0473. The second-order valence-electron chi connectivity index (χ2n) is 3.34. The molecule has 0 aromatic heterocycles. The Morgan fingerprint density at radius 3 is 2.65 bits per heavy atom. The molecular formula is C11H14BrN3S2. The van der Waals surface area contributed by atoms with E-state index in [1.165, 1.54) is 5.69 Å². The highest BCUT2D eigenvalue weighted by atomic mass is 79.9. The van der Waals surface area contributed by atoms with Crippen LogP contribution in [0, 0.1) is 0 Å². The van der Waals surface area contributed by atoms with Gasteiger partial charge in [-0.15, -0.1) is 0 Å². The fourth-order valence-corrected chi connectivity index (χ4v) is 5.70. The van der Waals surface area contributed by atoms with Gasteiger partial charge in [0.05, 0.1) is 0 Å². The molecule has 0 radical (unpaired) electrons. The lowest BCUT2D eigenvalue weighted by Gasteiger charge is -2.21. The molecule has 0 saturated heterocycles. The van der Waals surface area contributed by atoms with Crippen LogP contribution in [0.4, 0.5) is 5.69 Å². The average molecular weight is 332 g/mol. The maximum Gasteiger partial charge on any atom is 0.181 e. The summed E-state index contributed by atoms with van der Waals surface area (Å²) in [6.07, 6.45) is 0. The second kappa shape index (κ2) is 6.04. The van der Waals surface area contributed by atoms with Gasteiger partial charge in [-0.2, -0.15) is 0 Å². The zero-order chi connectivity index (χ0) is 12.3. The lowest BCUT2D eigenvalue weighted by molar-refractivity contribution is 1.07. The Morgan fingerprint density at radius 1 is 1.41 bits per heavy atom. The van der Waals surface area contributed by atoms with Gasteiger partial charge in [0.15, 0.2) is 10.3 Å². The van der Waals surface area contributed by atoms with Crippen LogP contribution in [0.15, 0.2) is 35.3 Å². The first-order chi connectivity index (χ1) is 8.26. The van der Waals surface area contributed by atoms with E-state index in [2.05, 4.69) is 61.2 Å². The Kier molecular flexibility index (Phi) is 4.67. The average Bonchev–Trinajstić information content (AvgIpc) is 2.73. The zero-order valence-electron chi connectivity index (χ0n) is 9.68. The van der Waals surface area contributed by atoms with Crippen molar-refractivity contribution in [2.24, 2.45) is 4.99 Å². The Bertz CT molecular complexity index is 459. The molecule has 1 aliphatic rings. The van der Waals surface area contributed by atoms with E-state index in [9.17, 15) is 0 Å². The summed E-state index contributed by atoms with van der Waals surface area (Å²) in [6, 6.07) is 10.3. The number of hydrogen-bond donors (Lipinski definition) is 1. The first kappa shape index (κ1) is 13.1. The van der Waals surface area contributed by atoms with E-state index in [1.807, 2.05) is 13.1 Å². The van der Waals surface area contributed by atoms with Crippen molar-refractivity contribution in [2.75, 3.05) is 18.5 Å². The SMILES string of the molecule is CCN(C1=NC(NC)=S(Br)S1)c1ccccc1. The van der Waals surface area contributed by atoms with E-state index >= 15 is 0 Å². The molecule has 1 atom stereocenters. The molecule has 1 aliphatic heterocycles. The van der Waals surface area contributed by atoms with Crippen LogP contribution in [0.1, 0.15) is 6.92 Å². The van der Waals surface area contributed by atoms with E-state index in [0.29, 0.717) is 0 Å². The number of amidine groups is 1. The van der Waals surface area contributed by atoms with Gasteiger partial charge in [-0.05, 0) is 59.7 Å². The number of aliphatic imine (C=N–C) groups is 1. The number of rotatable bonds is 2. The maximum absolute atomic E-state index is 4.61. The number of para-hydroxylation sites is 1. The second-order valence-corrected chi connectivity index (χ2v) is 9.43. The zero-order valence-corrected chi connectivity index (χ0v) is 12.9. The largest absolute Gasteiger partial charge is 0.320 e. The van der Waals surface area contributed by atoms with Crippen molar-refractivity contribution in [3.05, 3.63) is 30.3 Å². The molecule has 1 unspecified atom stereocenters. The molecule has 17 heavy (non-hydrogen) atoms. The van der Waals surface area contributed by atoms with E-state index < -0.39 is 0 Å². The van der Waals surface area contributed by atoms with Crippen LogP contribution in [0.2, 0.25) is 0 Å². The van der Waals surface area contributed by atoms with Gasteiger partial charge in [0.1, 0.15) is 0 Å². The Morgan fingerprint density at radius 2 is 2.12 bits per heavy atom. The molecule has 92 valence electrons. The normalized spacial score (nSPS) is 19.4. The van der Waals surface area contributed by atoms with Crippen molar-refractivity contribution in [1.82, 2.24) is 5.32 Å². The third-order valence-electron chi connectivity index (χ3n) is 2.33. The van der Waals surface area contributed by atoms with Crippen LogP contribution < -0.4 is 10.2 Å². The molecule has 0 spiro atoms. The van der Waals surface area contributed by atoms with Crippen LogP contribution in [0.25, 0.3) is 0 Å². The van der Waals surface area contributed by atoms with Crippen molar-refractivity contribution < 1.29 is 0 Å². The number of nitrogens with zero attached hydrogens (tertiary/aromatic N) is 2. The molecular weight excluding hydrogens is 318 g/mol. The highest BCUT2D eigenvalue weighted by Crippen LogP contribution is 2.45. The van der Waals surface area contributed by atoms with Crippen LogP contribution in [0.5, 0.6) is 0 Å². The number of nitrogens with one attached hydrogen (secondary N) is 1. The monoisotopic (exact) mass is 331 g/mol. The first-order valence-corrected chi connectivity index (χ1v) is 9.71. The fraction of sp³-hybridized carbons (Fsp3) is 0.273. The third-order valence-corrected chi connectivity index (χ3v) is 7.00. The Balaban J connectivity index is 2.23. The standard InChI is InChI=1S/C11H14BrN3S2/c1-3-15(9-7-5-4-6-8-9)11-14-10(13-2)17(12)16-11/h4-8,13H,3H2,1-2H3. The first-order valence-electron chi connectivity index (χ1n) is 5.31. The van der Waals surface area contributed by atoms with E-state index in [-0.39, 0.29) is 7.95 Å². The van der Waals surface area contributed by atoms with Crippen LogP contribution in [0.3, 0.4) is 0 Å². The van der Waals surface area contributed by atoms with Gasteiger partial charge < -0.3 is 4.90 Å².